The van der Waals surface area contributed by atoms with Crippen LogP contribution < -0.4 is 4.72 Å². The quantitative estimate of drug-likeness (QED) is 0.836. The van der Waals surface area contributed by atoms with Crippen molar-refractivity contribution in [3.05, 3.63) is 29.8 Å². The Bertz CT molecular complexity index is 587. The highest BCUT2D eigenvalue weighted by molar-refractivity contribution is 7.90. The van der Waals surface area contributed by atoms with Crippen molar-refractivity contribution < 1.29 is 22.3 Å². The van der Waals surface area contributed by atoms with Crippen molar-refractivity contribution in [1.82, 2.24) is 4.72 Å². The van der Waals surface area contributed by atoms with Crippen LogP contribution in [0.1, 0.15) is 5.56 Å². The van der Waals surface area contributed by atoms with Crippen molar-refractivity contribution in [2.75, 3.05) is 6.54 Å². The molecule has 0 amide bonds. The van der Waals surface area contributed by atoms with Crippen LogP contribution in [0.25, 0.3) is 0 Å². The lowest BCUT2D eigenvalue weighted by molar-refractivity contribution is 0.00179. The van der Waals surface area contributed by atoms with Gasteiger partial charge in [-0.15, -0.1) is 0 Å². The molecular formula is C10H10F2N2O3S. The van der Waals surface area contributed by atoms with Gasteiger partial charge in [0.1, 0.15) is 11.9 Å². The topological polar surface area (TPSA) is 78.8 Å². The molecule has 0 fully saturated rings. The SMILES string of the molecule is O=S1(=O)NC(=NCC(O)C(F)F)c2ccccc21. The van der Waals surface area contributed by atoms with E-state index in [0.29, 0.717) is 5.56 Å². The number of aliphatic hydroxyl groups is 1. The molecule has 18 heavy (non-hydrogen) atoms. The third-order valence-corrected chi connectivity index (χ3v) is 3.79. The summed E-state index contributed by atoms with van der Waals surface area (Å²) in [5.74, 6) is -0.0229. The first-order valence-corrected chi connectivity index (χ1v) is 6.53. The minimum Gasteiger partial charge on any atom is -0.385 e. The molecule has 0 saturated carbocycles. The molecule has 2 N–H and O–H groups in total. The standard InChI is InChI=1S/C10H10F2N2O3S/c11-9(12)7(15)5-13-10-6-3-1-2-4-8(6)18(16,17)14-10/h1-4,7,9,15H,5H2,(H,13,14). The monoisotopic (exact) mass is 276 g/mol. The van der Waals surface area contributed by atoms with Crippen LogP contribution in [0.4, 0.5) is 8.78 Å². The van der Waals surface area contributed by atoms with Gasteiger partial charge in [-0.05, 0) is 12.1 Å². The number of amidine groups is 1. The van der Waals surface area contributed by atoms with Crippen LogP contribution >= 0.6 is 0 Å². The second kappa shape index (κ2) is 4.62. The summed E-state index contributed by atoms with van der Waals surface area (Å²) in [5.41, 5.74) is 0.318. The Morgan fingerprint density at radius 1 is 1.33 bits per heavy atom. The van der Waals surface area contributed by atoms with Crippen molar-refractivity contribution in [2.45, 2.75) is 17.4 Å². The summed E-state index contributed by atoms with van der Waals surface area (Å²) >= 11 is 0. The summed E-state index contributed by atoms with van der Waals surface area (Å²) in [4.78, 5) is 3.73. The van der Waals surface area contributed by atoms with Gasteiger partial charge in [-0.1, -0.05) is 12.1 Å². The number of hydrogen-bond acceptors (Lipinski definition) is 4. The Balaban J connectivity index is 2.31. The van der Waals surface area contributed by atoms with Crippen LogP contribution in [0.15, 0.2) is 34.2 Å². The highest BCUT2D eigenvalue weighted by Crippen LogP contribution is 2.22. The number of rotatable bonds is 3. The van der Waals surface area contributed by atoms with E-state index in [9.17, 15) is 17.2 Å². The maximum absolute atomic E-state index is 12.1. The Labute approximate surface area is 102 Å². The zero-order valence-corrected chi connectivity index (χ0v) is 9.86. The van der Waals surface area contributed by atoms with E-state index in [1.54, 1.807) is 12.1 Å². The molecular weight excluding hydrogens is 266 g/mol. The van der Waals surface area contributed by atoms with Crippen LogP contribution in [-0.4, -0.2) is 38.4 Å². The van der Waals surface area contributed by atoms with Crippen LogP contribution in [0.2, 0.25) is 0 Å². The molecule has 1 heterocycles. The maximum Gasteiger partial charge on any atom is 0.265 e. The first kappa shape index (κ1) is 12.9. The van der Waals surface area contributed by atoms with Gasteiger partial charge in [0.25, 0.3) is 16.4 Å². The van der Waals surface area contributed by atoms with E-state index in [-0.39, 0.29) is 10.7 Å². The van der Waals surface area contributed by atoms with Gasteiger partial charge >= 0.3 is 0 Å². The largest absolute Gasteiger partial charge is 0.385 e. The summed E-state index contributed by atoms with van der Waals surface area (Å²) in [6.07, 6.45) is -4.82. The molecule has 0 aliphatic carbocycles. The van der Waals surface area contributed by atoms with Gasteiger partial charge < -0.3 is 5.11 Å². The number of hydrogen-bond donors (Lipinski definition) is 2. The molecule has 1 aliphatic heterocycles. The first-order valence-electron chi connectivity index (χ1n) is 5.04. The normalized spacial score (nSPS) is 20.8. The Morgan fingerprint density at radius 3 is 2.67 bits per heavy atom. The third kappa shape index (κ3) is 2.34. The van der Waals surface area contributed by atoms with Gasteiger partial charge in [0.2, 0.25) is 0 Å². The highest BCUT2D eigenvalue weighted by atomic mass is 32.2. The van der Waals surface area contributed by atoms with E-state index in [0.717, 1.165) is 0 Å². The lowest BCUT2D eigenvalue weighted by Gasteiger charge is -2.06. The van der Waals surface area contributed by atoms with Crippen molar-refractivity contribution in [2.24, 2.45) is 4.99 Å². The number of halogens is 2. The zero-order chi connectivity index (χ0) is 13.3. The zero-order valence-electron chi connectivity index (χ0n) is 9.05. The Hall–Kier alpha value is -1.54. The number of fused-ring (bicyclic) bond motifs is 1. The molecule has 0 radical (unpaired) electrons. The van der Waals surface area contributed by atoms with Crippen LogP contribution in [0, 0.1) is 0 Å². The van der Waals surface area contributed by atoms with Crippen LogP contribution in [0.3, 0.4) is 0 Å². The molecule has 1 aromatic carbocycles. The summed E-state index contributed by atoms with van der Waals surface area (Å²) in [6.45, 7) is -0.566. The van der Waals surface area contributed by atoms with Crippen molar-refractivity contribution in [3.63, 3.8) is 0 Å². The molecule has 5 nitrogen and oxygen atoms in total. The molecule has 1 atom stereocenters. The van der Waals surface area contributed by atoms with Gasteiger partial charge in [-0.2, -0.15) is 0 Å². The van der Waals surface area contributed by atoms with Crippen molar-refractivity contribution in [1.29, 1.82) is 0 Å². The van der Waals surface area contributed by atoms with Gasteiger partial charge in [0.05, 0.1) is 11.4 Å². The summed E-state index contributed by atoms with van der Waals surface area (Å²) in [5, 5.41) is 8.93. The van der Waals surface area contributed by atoms with Gasteiger partial charge in [0, 0.05) is 5.56 Å². The second-order valence-corrected chi connectivity index (χ2v) is 5.34. The molecule has 1 aliphatic rings. The van der Waals surface area contributed by atoms with E-state index < -0.39 is 29.1 Å². The first-order chi connectivity index (χ1) is 8.42. The van der Waals surface area contributed by atoms with Gasteiger partial charge in [0.15, 0.2) is 0 Å². The van der Waals surface area contributed by atoms with E-state index >= 15 is 0 Å². The summed E-state index contributed by atoms with van der Waals surface area (Å²) in [7, 11) is -3.67. The van der Waals surface area contributed by atoms with Gasteiger partial charge in [-0.25, -0.2) is 17.2 Å². The minimum absolute atomic E-state index is 0.0229. The molecule has 0 spiro atoms. The predicted octanol–water partition coefficient (Wildman–Crippen LogP) is 0.351. The van der Waals surface area contributed by atoms with E-state index in [1.165, 1.54) is 12.1 Å². The number of aliphatic imine (C=N–C) groups is 1. The lowest BCUT2D eigenvalue weighted by Crippen LogP contribution is -2.26. The molecule has 98 valence electrons. The number of aliphatic hydroxyl groups excluding tert-OH is 1. The van der Waals surface area contributed by atoms with Gasteiger partial charge in [-0.3, -0.25) is 9.71 Å². The average molecular weight is 276 g/mol. The average Bonchev–Trinajstić information content (AvgIpc) is 2.59. The number of nitrogens with zero attached hydrogens (tertiary/aromatic N) is 1. The summed E-state index contributed by atoms with van der Waals surface area (Å²) in [6, 6.07) is 6.07. The Kier molecular flexibility index (Phi) is 3.31. The van der Waals surface area contributed by atoms with E-state index in [1.807, 2.05) is 0 Å². The third-order valence-electron chi connectivity index (χ3n) is 2.39. The Morgan fingerprint density at radius 2 is 2.00 bits per heavy atom. The number of alkyl halides is 2. The fourth-order valence-electron chi connectivity index (χ4n) is 1.52. The number of nitrogens with one attached hydrogen (secondary N) is 1. The van der Waals surface area contributed by atoms with Crippen molar-refractivity contribution in [3.8, 4) is 0 Å². The number of sulfonamides is 1. The summed E-state index contributed by atoms with van der Waals surface area (Å²) < 4.78 is 49.6. The maximum atomic E-state index is 12.1. The van der Waals surface area contributed by atoms with E-state index in [4.69, 9.17) is 5.11 Å². The number of benzene rings is 1. The van der Waals surface area contributed by atoms with Crippen LogP contribution in [-0.2, 0) is 10.0 Å². The van der Waals surface area contributed by atoms with Crippen molar-refractivity contribution >= 4 is 15.9 Å². The molecule has 0 bridgehead atoms. The molecule has 0 aromatic heterocycles. The molecule has 0 saturated heterocycles. The molecule has 1 unspecified atom stereocenters. The van der Waals surface area contributed by atoms with Crippen LogP contribution in [0.5, 0.6) is 0 Å². The lowest BCUT2D eigenvalue weighted by atomic mass is 10.2. The fourth-order valence-corrected chi connectivity index (χ4v) is 2.77. The fraction of sp³-hybridized carbons (Fsp3) is 0.300. The minimum atomic E-state index is -3.67. The molecule has 8 heteroatoms. The molecule has 2 rings (SSSR count). The highest BCUT2D eigenvalue weighted by Gasteiger charge is 2.30. The molecule has 1 aromatic rings. The predicted molar refractivity (Wildman–Crippen MR) is 60.2 cm³/mol. The van der Waals surface area contributed by atoms with E-state index in [2.05, 4.69) is 9.71 Å². The smallest absolute Gasteiger partial charge is 0.265 e. The second-order valence-electron chi connectivity index (χ2n) is 3.69.